The first kappa shape index (κ1) is 12.4. The lowest BCUT2D eigenvalue weighted by molar-refractivity contribution is -0.140. The summed E-state index contributed by atoms with van der Waals surface area (Å²) in [6.07, 6.45) is 5.37. The molecule has 1 aromatic carbocycles. The summed E-state index contributed by atoms with van der Waals surface area (Å²) in [5.41, 5.74) is 0.928. The van der Waals surface area contributed by atoms with Crippen LogP contribution in [0.5, 0.6) is 0 Å². The lowest BCUT2D eigenvalue weighted by Crippen LogP contribution is -2.30. The second-order valence-corrected chi connectivity index (χ2v) is 5.48. The van der Waals surface area contributed by atoms with Gasteiger partial charge in [0.15, 0.2) is 0 Å². The zero-order valence-electron chi connectivity index (χ0n) is 10.4. The Labute approximate surface area is 116 Å². The lowest BCUT2D eigenvalue weighted by atomic mass is 9.85. The molecule has 2 aliphatic rings. The van der Waals surface area contributed by atoms with Gasteiger partial charge in [-0.15, -0.1) is 0 Å². The first-order chi connectivity index (χ1) is 9.16. The smallest absolute Gasteiger partial charge is 0.233 e. The highest BCUT2D eigenvalue weighted by atomic mass is 35.5. The number of likely N-dealkylation sites (tertiary alicyclic amines) is 1. The molecule has 19 heavy (non-hydrogen) atoms. The number of benzene rings is 1. The molecule has 3 nitrogen and oxygen atoms in total. The van der Waals surface area contributed by atoms with Crippen molar-refractivity contribution in [3.05, 3.63) is 47.0 Å². The molecule has 3 rings (SSSR count). The summed E-state index contributed by atoms with van der Waals surface area (Å²) in [6.45, 7) is 0.349. The zero-order valence-corrected chi connectivity index (χ0v) is 11.1. The van der Waals surface area contributed by atoms with Gasteiger partial charge in [0, 0.05) is 5.02 Å². The molecule has 0 spiro atoms. The van der Waals surface area contributed by atoms with Crippen molar-refractivity contribution in [1.82, 2.24) is 4.90 Å². The second kappa shape index (κ2) is 4.82. The molecular formula is C15H14ClNO2. The van der Waals surface area contributed by atoms with Crippen LogP contribution in [0.1, 0.15) is 18.4 Å². The molecule has 0 radical (unpaired) electrons. The van der Waals surface area contributed by atoms with E-state index in [-0.39, 0.29) is 23.7 Å². The number of rotatable bonds is 2. The van der Waals surface area contributed by atoms with Crippen LogP contribution in [-0.2, 0) is 16.1 Å². The first-order valence-corrected chi connectivity index (χ1v) is 6.79. The van der Waals surface area contributed by atoms with Crippen molar-refractivity contribution in [1.29, 1.82) is 0 Å². The summed E-state index contributed by atoms with van der Waals surface area (Å²) in [6, 6.07) is 7.25. The van der Waals surface area contributed by atoms with Gasteiger partial charge in [-0.1, -0.05) is 35.9 Å². The number of nitrogens with zero attached hydrogens (tertiary/aromatic N) is 1. The first-order valence-electron chi connectivity index (χ1n) is 6.41. The minimum absolute atomic E-state index is 0.0331. The number of halogens is 1. The molecule has 1 heterocycles. The van der Waals surface area contributed by atoms with E-state index in [4.69, 9.17) is 11.6 Å². The Morgan fingerprint density at radius 2 is 1.53 bits per heavy atom. The molecule has 2 atom stereocenters. The maximum absolute atomic E-state index is 12.3. The highest BCUT2D eigenvalue weighted by Crippen LogP contribution is 2.35. The molecule has 0 saturated carbocycles. The highest BCUT2D eigenvalue weighted by Gasteiger charge is 2.46. The molecule has 1 aliphatic carbocycles. The fourth-order valence-corrected chi connectivity index (χ4v) is 2.92. The van der Waals surface area contributed by atoms with Gasteiger partial charge in [-0.05, 0) is 30.5 Å². The van der Waals surface area contributed by atoms with E-state index in [2.05, 4.69) is 0 Å². The highest BCUT2D eigenvalue weighted by molar-refractivity contribution is 6.30. The minimum atomic E-state index is -0.148. The Morgan fingerprint density at radius 1 is 1.00 bits per heavy atom. The molecule has 0 unspecified atom stereocenters. The van der Waals surface area contributed by atoms with Crippen LogP contribution in [0.15, 0.2) is 36.4 Å². The van der Waals surface area contributed by atoms with Gasteiger partial charge in [-0.25, -0.2) is 0 Å². The van der Waals surface area contributed by atoms with Crippen molar-refractivity contribution in [3.8, 4) is 0 Å². The summed E-state index contributed by atoms with van der Waals surface area (Å²) in [5, 5.41) is 0.653. The predicted octanol–water partition coefficient (Wildman–Crippen LogP) is 2.79. The number of fused-ring (bicyclic) bond motifs is 1. The van der Waals surface area contributed by atoms with E-state index in [0.717, 1.165) is 5.56 Å². The molecule has 0 aromatic heterocycles. The number of carbonyl (C=O) groups excluding carboxylic acids is 2. The van der Waals surface area contributed by atoms with Crippen molar-refractivity contribution in [2.75, 3.05) is 0 Å². The van der Waals surface area contributed by atoms with Gasteiger partial charge < -0.3 is 0 Å². The van der Waals surface area contributed by atoms with E-state index in [1.54, 1.807) is 12.1 Å². The number of hydrogen-bond donors (Lipinski definition) is 0. The Hall–Kier alpha value is -1.61. The molecule has 1 fully saturated rings. The Morgan fingerprint density at radius 3 is 2.05 bits per heavy atom. The van der Waals surface area contributed by atoms with Crippen LogP contribution in [0, 0.1) is 11.8 Å². The third-order valence-corrected chi connectivity index (χ3v) is 4.10. The topological polar surface area (TPSA) is 37.4 Å². The van der Waals surface area contributed by atoms with Crippen LogP contribution < -0.4 is 0 Å². The lowest BCUT2D eigenvalue weighted by Gasteiger charge is -2.14. The van der Waals surface area contributed by atoms with Crippen LogP contribution in [-0.4, -0.2) is 16.7 Å². The number of amides is 2. The molecular weight excluding hydrogens is 262 g/mol. The van der Waals surface area contributed by atoms with E-state index < -0.39 is 0 Å². The van der Waals surface area contributed by atoms with Crippen molar-refractivity contribution < 1.29 is 9.59 Å². The van der Waals surface area contributed by atoms with E-state index in [0.29, 0.717) is 24.4 Å². The molecule has 98 valence electrons. The summed E-state index contributed by atoms with van der Waals surface area (Å²) in [5.74, 6) is -0.363. The maximum atomic E-state index is 12.3. The summed E-state index contributed by atoms with van der Waals surface area (Å²) < 4.78 is 0. The third-order valence-electron chi connectivity index (χ3n) is 3.85. The van der Waals surface area contributed by atoms with E-state index in [1.807, 2.05) is 24.3 Å². The number of imide groups is 1. The van der Waals surface area contributed by atoms with Crippen LogP contribution >= 0.6 is 11.6 Å². The number of allylic oxidation sites excluding steroid dienone is 2. The SMILES string of the molecule is O=C1[C@H]2CC=CC[C@H]2C(=O)N1Cc1ccc(Cl)cc1. The monoisotopic (exact) mass is 275 g/mol. The fraction of sp³-hybridized carbons (Fsp3) is 0.333. The molecule has 0 bridgehead atoms. The van der Waals surface area contributed by atoms with Gasteiger partial charge in [0.1, 0.15) is 0 Å². The van der Waals surface area contributed by atoms with Crippen molar-refractivity contribution in [2.24, 2.45) is 11.8 Å². The Kier molecular flexibility index (Phi) is 3.15. The summed E-state index contributed by atoms with van der Waals surface area (Å²) >= 11 is 5.83. The minimum Gasteiger partial charge on any atom is -0.278 e. The van der Waals surface area contributed by atoms with Crippen LogP contribution in [0.3, 0.4) is 0 Å². The quantitative estimate of drug-likeness (QED) is 0.615. The van der Waals surface area contributed by atoms with Crippen molar-refractivity contribution in [3.63, 3.8) is 0 Å². The fourth-order valence-electron chi connectivity index (χ4n) is 2.80. The average Bonchev–Trinajstić information content (AvgIpc) is 2.67. The maximum Gasteiger partial charge on any atom is 0.233 e. The van der Waals surface area contributed by atoms with Gasteiger partial charge in [0.05, 0.1) is 18.4 Å². The molecule has 1 saturated heterocycles. The number of hydrogen-bond acceptors (Lipinski definition) is 2. The average molecular weight is 276 g/mol. The standard InChI is InChI=1S/C15H14ClNO2/c16-11-7-5-10(6-8-11)9-17-14(18)12-3-1-2-4-13(12)15(17)19/h1-2,5-8,12-13H,3-4,9H2/t12-,13+. The van der Waals surface area contributed by atoms with Gasteiger partial charge in [-0.2, -0.15) is 0 Å². The molecule has 0 N–H and O–H groups in total. The summed E-state index contributed by atoms with van der Waals surface area (Å²) in [7, 11) is 0. The molecule has 1 aliphatic heterocycles. The molecule has 4 heteroatoms. The molecule has 1 aromatic rings. The third kappa shape index (κ3) is 2.19. The van der Waals surface area contributed by atoms with E-state index in [1.165, 1.54) is 4.90 Å². The zero-order chi connectivity index (χ0) is 13.4. The van der Waals surface area contributed by atoms with Crippen molar-refractivity contribution >= 4 is 23.4 Å². The number of carbonyl (C=O) groups is 2. The van der Waals surface area contributed by atoms with Gasteiger partial charge in [0.2, 0.25) is 11.8 Å². The van der Waals surface area contributed by atoms with Gasteiger partial charge in [0.25, 0.3) is 0 Å². The van der Waals surface area contributed by atoms with Crippen LogP contribution in [0.25, 0.3) is 0 Å². The summed E-state index contributed by atoms with van der Waals surface area (Å²) in [4.78, 5) is 25.9. The van der Waals surface area contributed by atoms with Crippen molar-refractivity contribution in [2.45, 2.75) is 19.4 Å². The molecule has 2 amide bonds. The van der Waals surface area contributed by atoms with Gasteiger partial charge >= 0.3 is 0 Å². The Balaban J connectivity index is 1.80. The second-order valence-electron chi connectivity index (χ2n) is 5.04. The van der Waals surface area contributed by atoms with Crippen LogP contribution in [0.2, 0.25) is 5.02 Å². The Bertz CT molecular complexity index is 524. The van der Waals surface area contributed by atoms with E-state index >= 15 is 0 Å². The van der Waals surface area contributed by atoms with Gasteiger partial charge in [-0.3, -0.25) is 14.5 Å². The normalized spacial score (nSPS) is 25.8. The largest absolute Gasteiger partial charge is 0.278 e. The van der Waals surface area contributed by atoms with Crippen LogP contribution in [0.4, 0.5) is 0 Å². The van der Waals surface area contributed by atoms with E-state index in [9.17, 15) is 9.59 Å². The predicted molar refractivity (Wildman–Crippen MR) is 72.4 cm³/mol.